The molecule has 0 saturated heterocycles. The van der Waals surface area contributed by atoms with Crippen molar-refractivity contribution in [1.82, 2.24) is 0 Å². The van der Waals surface area contributed by atoms with Crippen molar-refractivity contribution < 1.29 is 35.3 Å². The molecule has 0 fully saturated rings. The van der Waals surface area contributed by atoms with Crippen molar-refractivity contribution in [3.05, 3.63) is 28.6 Å². The minimum Gasteiger partial charge on any atom is -0.479 e. The van der Waals surface area contributed by atoms with Gasteiger partial charge >= 0.3 is 6.18 Å². The van der Waals surface area contributed by atoms with E-state index in [4.69, 9.17) is 9.29 Å². The monoisotopic (exact) mass is 366 g/mol. The molecular weight excluding hydrogens is 349 g/mol. The van der Waals surface area contributed by atoms with Crippen LogP contribution in [0.4, 0.5) is 17.6 Å². The Morgan fingerprint density at radius 3 is 2.04 bits per heavy atom. The summed E-state index contributed by atoms with van der Waals surface area (Å²) in [7, 11) is 0.0443. The summed E-state index contributed by atoms with van der Waals surface area (Å²) < 4.78 is 88.8. The Labute approximate surface area is 140 Å². The van der Waals surface area contributed by atoms with E-state index in [2.05, 4.69) is 0 Å². The molecule has 0 radical (unpaired) electrons. The van der Waals surface area contributed by atoms with Gasteiger partial charge in [-0.25, -0.2) is 4.39 Å². The summed E-state index contributed by atoms with van der Waals surface area (Å²) >= 11 is 0. The van der Waals surface area contributed by atoms with Crippen molar-refractivity contribution in [2.24, 2.45) is 0 Å². The summed E-state index contributed by atoms with van der Waals surface area (Å²) in [5.74, 6) is -2.32. The predicted molar refractivity (Wildman–Crippen MR) is 90.0 cm³/mol. The molecule has 0 heterocycles. The van der Waals surface area contributed by atoms with E-state index in [1.807, 2.05) is 0 Å². The summed E-state index contributed by atoms with van der Waals surface area (Å²) in [4.78, 5) is 0. The molecule has 12 heteroatoms. The quantitative estimate of drug-likeness (QED) is 0.399. The van der Waals surface area contributed by atoms with Crippen LogP contribution in [0.5, 0.6) is 5.75 Å². The minimum absolute atomic E-state index is 0.187. The lowest BCUT2D eigenvalue weighted by Gasteiger charge is -2.24. The van der Waals surface area contributed by atoms with Gasteiger partial charge in [-0.05, 0) is 22.8 Å². The number of hydrogen-bond acceptors (Lipinski definition) is 3. The van der Waals surface area contributed by atoms with Gasteiger partial charge in [0.15, 0.2) is 0 Å². The van der Waals surface area contributed by atoms with E-state index < -0.39 is 34.0 Å². The smallest absolute Gasteiger partial charge is 0.426 e. The van der Waals surface area contributed by atoms with Crippen LogP contribution in [0.15, 0.2) is 6.07 Å². The summed E-state index contributed by atoms with van der Waals surface area (Å²) in [6.45, 7) is 0. The van der Waals surface area contributed by atoms with Gasteiger partial charge in [-0.15, -0.1) is 0 Å². The standard InChI is InChI=1S/C12H17B3F4O4S/c13-2-6-1-9(7(3-14)8(4-15)11(6)16)23-10(12(17,18)19)5-24(20,21)22/h1,10H,2-5,13-15H2,(H,20,21,22). The van der Waals surface area contributed by atoms with E-state index in [0.29, 0.717) is 0 Å². The summed E-state index contributed by atoms with van der Waals surface area (Å²) in [5, 5.41) is 0. The summed E-state index contributed by atoms with van der Waals surface area (Å²) in [6, 6.07) is 1.16. The molecule has 0 bridgehead atoms. The third-order valence-electron chi connectivity index (χ3n) is 3.60. The highest BCUT2D eigenvalue weighted by atomic mass is 32.2. The van der Waals surface area contributed by atoms with Crippen LogP contribution in [0.1, 0.15) is 16.7 Å². The number of rotatable bonds is 7. The Morgan fingerprint density at radius 2 is 1.67 bits per heavy atom. The largest absolute Gasteiger partial charge is 0.479 e. The molecule has 1 atom stereocenters. The average Bonchev–Trinajstić information content (AvgIpc) is 2.44. The number of hydrogen-bond donors (Lipinski definition) is 1. The lowest BCUT2D eigenvalue weighted by atomic mass is 9.82. The predicted octanol–water partition coefficient (Wildman–Crippen LogP) is -0.577. The first kappa shape index (κ1) is 20.9. The topological polar surface area (TPSA) is 63.6 Å². The van der Waals surface area contributed by atoms with E-state index in [0.717, 1.165) is 6.07 Å². The molecule has 1 rings (SSSR count). The third-order valence-corrected chi connectivity index (χ3v) is 4.32. The lowest BCUT2D eigenvalue weighted by molar-refractivity contribution is -0.188. The second-order valence-electron chi connectivity index (χ2n) is 5.26. The zero-order valence-electron chi connectivity index (χ0n) is 13.6. The van der Waals surface area contributed by atoms with Gasteiger partial charge in [0, 0.05) is 0 Å². The van der Waals surface area contributed by atoms with Gasteiger partial charge in [-0.2, -0.15) is 21.6 Å². The molecule has 0 saturated carbocycles. The molecule has 1 aromatic carbocycles. The first-order chi connectivity index (χ1) is 10.9. The van der Waals surface area contributed by atoms with Crippen LogP contribution in [0.2, 0.25) is 0 Å². The van der Waals surface area contributed by atoms with Crippen LogP contribution in [0.3, 0.4) is 0 Å². The Bertz CT molecular complexity index is 695. The van der Waals surface area contributed by atoms with E-state index in [-0.39, 0.29) is 41.4 Å². The van der Waals surface area contributed by atoms with Crippen LogP contribution >= 0.6 is 0 Å². The summed E-state index contributed by atoms with van der Waals surface area (Å²) in [5.41, 5.74) is 0.697. The maximum atomic E-state index is 14.3. The molecule has 1 aromatic rings. The van der Waals surface area contributed by atoms with E-state index >= 15 is 0 Å². The molecule has 24 heavy (non-hydrogen) atoms. The van der Waals surface area contributed by atoms with Crippen molar-refractivity contribution >= 4 is 33.7 Å². The van der Waals surface area contributed by atoms with Crippen LogP contribution in [0.25, 0.3) is 0 Å². The SMILES string of the molecule is BCc1cc(OC(CS(=O)(=O)O)C(F)(F)F)c(CB)c(CB)c1F. The second-order valence-corrected chi connectivity index (χ2v) is 6.76. The molecular formula is C12H17B3F4O4S. The summed E-state index contributed by atoms with van der Waals surface area (Å²) in [6.07, 6.45) is -7.02. The zero-order valence-corrected chi connectivity index (χ0v) is 14.4. The molecule has 132 valence electrons. The molecule has 4 nitrogen and oxygen atoms in total. The third kappa shape index (κ3) is 5.17. The first-order valence-electron chi connectivity index (χ1n) is 7.46. The highest BCUT2D eigenvalue weighted by molar-refractivity contribution is 7.85. The van der Waals surface area contributed by atoms with Crippen molar-refractivity contribution in [2.45, 2.75) is 31.2 Å². The van der Waals surface area contributed by atoms with Crippen molar-refractivity contribution in [2.75, 3.05) is 5.75 Å². The van der Waals surface area contributed by atoms with Gasteiger partial charge in [-0.1, -0.05) is 19.0 Å². The first-order valence-corrected chi connectivity index (χ1v) is 9.07. The second kappa shape index (κ2) is 7.82. The molecule has 0 amide bonds. The van der Waals surface area contributed by atoms with Crippen LogP contribution < -0.4 is 4.74 Å². The fourth-order valence-corrected chi connectivity index (χ4v) is 3.08. The van der Waals surface area contributed by atoms with Gasteiger partial charge in [-0.3, -0.25) is 4.55 Å². The van der Waals surface area contributed by atoms with Gasteiger partial charge in [0.25, 0.3) is 10.1 Å². The van der Waals surface area contributed by atoms with Gasteiger partial charge in [0.05, 0.1) is 0 Å². The molecule has 0 aliphatic carbocycles. The number of benzene rings is 1. The van der Waals surface area contributed by atoms with Gasteiger partial charge < -0.3 is 4.74 Å². The molecule has 0 spiro atoms. The molecule has 0 aliphatic heterocycles. The number of halogens is 4. The van der Waals surface area contributed by atoms with E-state index in [1.165, 1.54) is 0 Å². The highest BCUT2D eigenvalue weighted by Gasteiger charge is 2.45. The van der Waals surface area contributed by atoms with Crippen LogP contribution in [-0.4, -0.2) is 54.5 Å². The normalized spacial score (nSPS) is 13.7. The number of ether oxygens (including phenoxy) is 1. The van der Waals surface area contributed by atoms with E-state index in [9.17, 15) is 26.0 Å². The maximum absolute atomic E-state index is 14.3. The Balaban J connectivity index is 3.42. The van der Waals surface area contributed by atoms with Crippen molar-refractivity contribution in [3.63, 3.8) is 0 Å². The van der Waals surface area contributed by atoms with Crippen LogP contribution in [0, 0.1) is 5.82 Å². The molecule has 0 aromatic heterocycles. The van der Waals surface area contributed by atoms with Gasteiger partial charge in [0.1, 0.15) is 40.9 Å². The fourth-order valence-electron chi connectivity index (χ4n) is 2.44. The van der Waals surface area contributed by atoms with Crippen molar-refractivity contribution in [1.29, 1.82) is 0 Å². The van der Waals surface area contributed by atoms with E-state index in [1.54, 1.807) is 23.5 Å². The highest BCUT2D eigenvalue weighted by Crippen LogP contribution is 2.33. The van der Waals surface area contributed by atoms with Crippen LogP contribution in [-0.2, 0) is 29.1 Å². The average molecular weight is 366 g/mol. The Morgan fingerprint density at radius 1 is 1.12 bits per heavy atom. The van der Waals surface area contributed by atoms with Gasteiger partial charge in [0.2, 0.25) is 6.10 Å². The number of alkyl halides is 3. The lowest BCUT2D eigenvalue weighted by Crippen LogP contribution is -2.40. The zero-order chi connectivity index (χ0) is 18.7. The Hall–Kier alpha value is -1.16. The molecule has 1 unspecified atom stereocenters. The molecule has 0 aliphatic rings. The fraction of sp³-hybridized carbons (Fsp3) is 0.500. The van der Waals surface area contributed by atoms with Crippen molar-refractivity contribution in [3.8, 4) is 5.75 Å². The molecule has 1 N–H and O–H groups in total. The minimum atomic E-state index is -5.01. The maximum Gasteiger partial charge on any atom is 0.426 e. The Kier molecular flexibility index (Phi) is 6.80.